The Morgan fingerprint density at radius 1 is 1.47 bits per heavy atom. The third-order valence-electron chi connectivity index (χ3n) is 3.47. The summed E-state index contributed by atoms with van der Waals surface area (Å²) < 4.78 is 11.1. The quantitative estimate of drug-likeness (QED) is 0.872. The minimum Gasteiger partial charge on any atom is -0.496 e. The SMILES string of the molecule is COc1ccc(C)cc1CNCC1CN(C)CCO1. The van der Waals surface area contributed by atoms with Gasteiger partial charge in [-0.2, -0.15) is 0 Å². The van der Waals surface area contributed by atoms with Crippen LogP contribution in [-0.4, -0.2) is 51.4 Å². The summed E-state index contributed by atoms with van der Waals surface area (Å²) in [5, 5.41) is 3.46. The van der Waals surface area contributed by atoms with Gasteiger partial charge in [0.1, 0.15) is 5.75 Å². The number of rotatable bonds is 5. The van der Waals surface area contributed by atoms with E-state index in [0.717, 1.165) is 38.5 Å². The molecule has 4 nitrogen and oxygen atoms in total. The Kier molecular flexibility index (Phi) is 5.19. The molecule has 1 aromatic rings. The maximum Gasteiger partial charge on any atom is 0.123 e. The first-order chi connectivity index (χ1) is 9.19. The van der Waals surface area contributed by atoms with Gasteiger partial charge in [-0.15, -0.1) is 0 Å². The number of likely N-dealkylation sites (N-methyl/N-ethyl adjacent to an activating group) is 1. The summed E-state index contributed by atoms with van der Waals surface area (Å²) in [6.07, 6.45) is 0.287. The van der Waals surface area contributed by atoms with E-state index in [-0.39, 0.29) is 6.10 Å². The van der Waals surface area contributed by atoms with Gasteiger partial charge in [-0.05, 0) is 20.0 Å². The van der Waals surface area contributed by atoms with Crippen LogP contribution in [0.1, 0.15) is 11.1 Å². The Labute approximate surface area is 115 Å². The minimum absolute atomic E-state index is 0.287. The predicted molar refractivity (Wildman–Crippen MR) is 76.7 cm³/mol. The fourth-order valence-electron chi connectivity index (χ4n) is 2.40. The molecule has 0 spiro atoms. The molecule has 1 atom stereocenters. The molecule has 0 amide bonds. The van der Waals surface area contributed by atoms with Gasteiger partial charge in [0, 0.05) is 31.7 Å². The number of benzene rings is 1. The van der Waals surface area contributed by atoms with Crippen molar-refractivity contribution in [1.82, 2.24) is 10.2 Å². The highest BCUT2D eigenvalue weighted by Crippen LogP contribution is 2.19. The number of nitrogens with one attached hydrogen (secondary N) is 1. The van der Waals surface area contributed by atoms with E-state index in [1.165, 1.54) is 11.1 Å². The summed E-state index contributed by atoms with van der Waals surface area (Å²) in [6, 6.07) is 6.26. The van der Waals surface area contributed by atoms with Gasteiger partial charge in [0.05, 0.1) is 19.8 Å². The molecule has 1 aliphatic heterocycles. The highest BCUT2D eigenvalue weighted by Gasteiger charge is 2.17. The molecule has 2 rings (SSSR count). The predicted octanol–water partition coefficient (Wildman–Crippen LogP) is 1.42. The first kappa shape index (κ1) is 14.3. The van der Waals surface area contributed by atoms with E-state index < -0.39 is 0 Å². The third-order valence-corrected chi connectivity index (χ3v) is 3.47. The lowest BCUT2D eigenvalue weighted by molar-refractivity contribution is -0.0182. The van der Waals surface area contributed by atoms with Crippen molar-refractivity contribution in [2.24, 2.45) is 0 Å². The molecule has 1 aliphatic rings. The van der Waals surface area contributed by atoms with Gasteiger partial charge in [0.25, 0.3) is 0 Å². The molecule has 0 aromatic heterocycles. The molecular formula is C15H24N2O2. The zero-order chi connectivity index (χ0) is 13.7. The molecule has 1 unspecified atom stereocenters. The molecule has 1 aromatic carbocycles. The summed E-state index contributed by atoms with van der Waals surface area (Å²) in [6.45, 7) is 6.65. The average Bonchev–Trinajstić information content (AvgIpc) is 2.39. The summed E-state index contributed by atoms with van der Waals surface area (Å²) in [5.74, 6) is 0.944. The topological polar surface area (TPSA) is 33.7 Å². The molecule has 1 saturated heterocycles. The Balaban J connectivity index is 1.83. The average molecular weight is 264 g/mol. The van der Waals surface area contributed by atoms with Crippen molar-refractivity contribution in [2.75, 3.05) is 40.4 Å². The Bertz CT molecular complexity index is 409. The van der Waals surface area contributed by atoms with Gasteiger partial charge >= 0.3 is 0 Å². The highest BCUT2D eigenvalue weighted by molar-refractivity contribution is 5.36. The summed E-state index contributed by atoms with van der Waals surface area (Å²) in [4.78, 5) is 2.31. The number of methoxy groups -OCH3 is 1. The number of aryl methyl sites for hydroxylation is 1. The molecule has 4 heteroatoms. The largest absolute Gasteiger partial charge is 0.496 e. The fourth-order valence-corrected chi connectivity index (χ4v) is 2.40. The zero-order valence-corrected chi connectivity index (χ0v) is 12.1. The maximum absolute atomic E-state index is 5.73. The lowest BCUT2D eigenvalue weighted by Gasteiger charge is -2.30. The monoisotopic (exact) mass is 264 g/mol. The normalized spacial score (nSPS) is 20.5. The van der Waals surface area contributed by atoms with Crippen molar-refractivity contribution in [3.63, 3.8) is 0 Å². The van der Waals surface area contributed by atoms with E-state index in [1.807, 2.05) is 6.07 Å². The van der Waals surface area contributed by atoms with E-state index in [2.05, 4.69) is 36.3 Å². The van der Waals surface area contributed by atoms with E-state index >= 15 is 0 Å². The summed E-state index contributed by atoms with van der Waals surface area (Å²) >= 11 is 0. The van der Waals surface area contributed by atoms with Crippen LogP contribution in [0.25, 0.3) is 0 Å². The Morgan fingerprint density at radius 3 is 3.05 bits per heavy atom. The van der Waals surface area contributed by atoms with Crippen LogP contribution in [0.5, 0.6) is 5.75 Å². The van der Waals surface area contributed by atoms with Crippen molar-refractivity contribution in [1.29, 1.82) is 0 Å². The second-order valence-electron chi connectivity index (χ2n) is 5.20. The van der Waals surface area contributed by atoms with Crippen LogP contribution in [-0.2, 0) is 11.3 Å². The number of hydrogen-bond donors (Lipinski definition) is 1. The molecule has 1 heterocycles. The van der Waals surface area contributed by atoms with Gasteiger partial charge in [0.2, 0.25) is 0 Å². The lowest BCUT2D eigenvalue weighted by atomic mass is 10.1. The van der Waals surface area contributed by atoms with Crippen LogP contribution in [0, 0.1) is 6.92 Å². The molecule has 0 radical (unpaired) electrons. The van der Waals surface area contributed by atoms with Gasteiger partial charge < -0.3 is 19.7 Å². The second kappa shape index (κ2) is 6.89. The number of ether oxygens (including phenoxy) is 2. The van der Waals surface area contributed by atoms with Crippen LogP contribution in [0.2, 0.25) is 0 Å². The first-order valence-corrected chi connectivity index (χ1v) is 6.83. The van der Waals surface area contributed by atoms with E-state index in [9.17, 15) is 0 Å². The summed E-state index contributed by atoms with van der Waals surface area (Å²) in [5.41, 5.74) is 2.46. The van der Waals surface area contributed by atoms with Gasteiger partial charge in [-0.25, -0.2) is 0 Å². The second-order valence-corrected chi connectivity index (χ2v) is 5.20. The van der Waals surface area contributed by atoms with Crippen molar-refractivity contribution in [3.05, 3.63) is 29.3 Å². The summed E-state index contributed by atoms with van der Waals surface area (Å²) in [7, 11) is 3.85. The van der Waals surface area contributed by atoms with E-state index in [4.69, 9.17) is 9.47 Å². The Hall–Kier alpha value is -1.10. The molecular weight excluding hydrogens is 240 g/mol. The molecule has 0 aliphatic carbocycles. The van der Waals surface area contributed by atoms with Crippen molar-refractivity contribution in [2.45, 2.75) is 19.6 Å². The fraction of sp³-hybridized carbons (Fsp3) is 0.600. The maximum atomic E-state index is 5.73. The highest BCUT2D eigenvalue weighted by atomic mass is 16.5. The van der Waals surface area contributed by atoms with Crippen molar-refractivity contribution in [3.8, 4) is 5.75 Å². The smallest absolute Gasteiger partial charge is 0.123 e. The third kappa shape index (κ3) is 4.20. The van der Waals surface area contributed by atoms with Gasteiger partial charge in [-0.3, -0.25) is 0 Å². The number of hydrogen-bond acceptors (Lipinski definition) is 4. The minimum atomic E-state index is 0.287. The van der Waals surface area contributed by atoms with Gasteiger partial charge in [-0.1, -0.05) is 17.7 Å². The van der Waals surface area contributed by atoms with E-state index in [0.29, 0.717) is 0 Å². The number of nitrogens with zero attached hydrogens (tertiary/aromatic N) is 1. The Morgan fingerprint density at radius 2 is 2.32 bits per heavy atom. The zero-order valence-electron chi connectivity index (χ0n) is 12.1. The number of morpholine rings is 1. The van der Waals surface area contributed by atoms with Crippen molar-refractivity contribution < 1.29 is 9.47 Å². The lowest BCUT2D eigenvalue weighted by Crippen LogP contribution is -2.44. The van der Waals surface area contributed by atoms with Crippen LogP contribution in [0.15, 0.2) is 18.2 Å². The molecule has 19 heavy (non-hydrogen) atoms. The molecule has 1 N–H and O–H groups in total. The molecule has 106 valence electrons. The molecule has 1 fully saturated rings. The van der Waals surface area contributed by atoms with Crippen LogP contribution in [0.3, 0.4) is 0 Å². The van der Waals surface area contributed by atoms with Crippen LogP contribution in [0.4, 0.5) is 0 Å². The van der Waals surface area contributed by atoms with Crippen molar-refractivity contribution >= 4 is 0 Å². The van der Waals surface area contributed by atoms with E-state index in [1.54, 1.807) is 7.11 Å². The van der Waals surface area contributed by atoms with Crippen LogP contribution >= 0.6 is 0 Å². The van der Waals surface area contributed by atoms with Crippen LogP contribution < -0.4 is 10.1 Å². The molecule has 0 bridgehead atoms. The molecule has 0 saturated carbocycles. The standard InChI is InChI=1S/C15H24N2O2/c1-12-4-5-15(18-3)13(8-12)9-16-10-14-11-17(2)6-7-19-14/h4-5,8,14,16H,6-7,9-11H2,1-3H3. The van der Waals surface area contributed by atoms with Gasteiger partial charge in [0.15, 0.2) is 0 Å². The first-order valence-electron chi connectivity index (χ1n) is 6.83.